The molecule has 3 rings (SSSR count). The summed E-state index contributed by atoms with van der Waals surface area (Å²) in [6.45, 7) is 11.0. The highest BCUT2D eigenvalue weighted by molar-refractivity contribution is 5.66. The first-order valence-electron chi connectivity index (χ1n) is 10.2. The normalized spacial score (nSPS) is 43.9. The maximum Gasteiger partial charge on any atom is 0.303 e. The maximum atomic E-state index is 11.8. The minimum atomic E-state index is -0.179. The lowest BCUT2D eigenvalue weighted by Gasteiger charge is -2.60. The van der Waals surface area contributed by atoms with Gasteiger partial charge in [0.05, 0.1) is 0 Å². The molecule has 2 fully saturated rings. The Morgan fingerprint density at radius 3 is 2.64 bits per heavy atom. The average Bonchev–Trinajstić information content (AvgIpc) is 2.56. The van der Waals surface area contributed by atoms with Gasteiger partial charge >= 0.3 is 5.97 Å². The van der Waals surface area contributed by atoms with E-state index in [0.717, 1.165) is 12.8 Å². The van der Waals surface area contributed by atoms with Crippen LogP contribution in [-0.2, 0) is 9.53 Å². The van der Waals surface area contributed by atoms with Crippen molar-refractivity contribution in [3.8, 4) is 0 Å². The molecule has 0 heterocycles. The van der Waals surface area contributed by atoms with Crippen LogP contribution in [0.2, 0.25) is 0 Å². The highest BCUT2D eigenvalue weighted by Crippen LogP contribution is 2.63. The number of ether oxygens (including phenoxy) is 1. The van der Waals surface area contributed by atoms with Crippen LogP contribution in [0.5, 0.6) is 0 Å². The molecular weight excluding hydrogens is 312 g/mol. The molecule has 0 saturated heterocycles. The van der Waals surface area contributed by atoms with Crippen molar-refractivity contribution >= 4 is 5.97 Å². The van der Waals surface area contributed by atoms with Gasteiger partial charge in [-0.25, -0.2) is 0 Å². The van der Waals surface area contributed by atoms with Crippen molar-refractivity contribution in [1.82, 2.24) is 0 Å². The molecule has 3 aliphatic carbocycles. The molecule has 1 N–H and O–H groups in total. The molecule has 3 heteroatoms. The number of carbonyl (C=O) groups excluding carboxylic acids is 1. The predicted octanol–water partition coefficient (Wildman–Crippen LogP) is 4.74. The van der Waals surface area contributed by atoms with E-state index >= 15 is 0 Å². The average molecular weight is 349 g/mol. The molecule has 3 nitrogen and oxygen atoms in total. The van der Waals surface area contributed by atoms with Gasteiger partial charge in [-0.15, -0.1) is 0 Å². The van der Waals surface area contributed by atoms with Crippen LogP contribution in [0, 0.1) is 34.5 Å². The standard InChI is InChI=1S/C22H36O3/c1-14(2)16-7-8-18-17(11-16)19(25-15(3)24)12-20-21(4,13-23)9-6-10-22(18,20)5/h11,14,16,18-20,23H,6-10,12-13H2,1-5H3. The molecule has 3 aliphatic rings. The number of fused-ring (bicyclic) bond motifs is 3. The van der Waals surface area contributed by atoms with Crippen LogP contribution in [0.4, 0.5) is 0 Å². The lowest BCUT2D eigenvalue weighted by atomic mass is 9.45. The van der Waals surface area contributed by atoms with Gasteiger partial charge in [-0.1, -0.05) is 40.2 Å². The number of allylic oxidation sites excluding steroid dienone is 1. The summed E-state index contributed by atoms with van der Waals surface area (Å²) in [5, 5.41) is 10.2. The summed E-state index contributed by atoms with van der Waals surface area (Å²) in [5.41, 5.74) is 1.56. The van der Waals surface area contributed by atoms with Gasteiger partial charge < -0.3 is 9.84 Å². The van der Waals surface area contributed by atoms with Gasteiger partial charge in [0.2, 0.25) is 0 Å². The summed E-state index contributed by atoms with van der Waals surface area (Å²) in [7, 11) is 0. The predicted molar refractivity (Wildman–Crippen MR) is 99.9 cm³/mol. The van der Waals surface area contributed by atoms with Crippen LogP contribution >= 0.6 is 0 Å². The van der Waals surface area contributed by atoms with Gasteiger partial charge in [0.1, 0.15) is 6.10 Å². The number of esters is 1. The van der Waals surface area contributed by atoms with Crippen molar-refractivity contribution in [2.45, 2.75) is 79.2 Å². The molecule has 2 saturated carbocycles. The van der Waals surface area contributed by atoms with Crippen molar-refractivity contribution < 1.29 is 14.6 Å². The summed E-state index contributed by atoms with van der Waals surface area (Å²) in [5.74, 6) is 1.96. The summed E-state index contributed by atoms with van der Waals surface area (Å²) >= 11 is 0. The van der Waals surface area contributed by atoms with Gasteiger partial charge in [0, 0.05) is 13.5 Å². The van der Waals surface area contributed by atoms with Crippen molar-refractivity contribution in [3.63, 3.8) is 0 Å². The molecular formula is C22H36O3. The van der Waals surface area contributed by atoms with E-state index in [1.807, 2.05) is 0 Å². The van der Waals surface area contributed by atoms with E-state index in [4.69, 9.17) is 4.74 Å². The number of hydrogen-bond acceptors (Lipinski definition) is 3. The molecule has 142 valence electrons. The third-order valence-electron chi connectivity index (χ3n) is 7.84. The zero-order valence-corrected chi connectivity index (χ0v) is 16.7. The highest BCUT2D eigenvalue weighted by atomic mass is 16.5. The summed E-state index contributed by atoms with van der Waals surface area (Å²) in [6, 6.07) is 0. The zero-order chi connectivity index (χ0) is 18.4. The molecule has 0 aromatic carbocycles. The molecule has 0 aromatic heterocycles. The summed E-state index contributed by atoms with van der Waals surface area (Å²) in [6.07, 6.45) is 9.17. The Labute approximate surface area is 153 Å². The Kier molecular flexibility index (Phi) is 5.09. The van der Waals surface area contributed by atoms with E-state index in [0.29, 0.717) is 23.7 Å². The second kappa shape index (κ2) is 6.72. The third kappa shape index (κ3) is 3.18. The van der Waals surface area contributed by atoms with Crippen molar-refractivity contribution in [2.75, 3.05) is 6.61 Å². The Bertz CT molecular complexity index is 551. The molecule has 0 aromatic rings. The molecule has 25 heavy (non-hydrogen) atoms. The van der Waals surface area contributed by atoms with Crippen LogP contribution in [0.1, 0.15) is 73.1 Å². The fourth-order valence-electron chi connectivity index (χ4n) is 6.38. The number of aliphatic hydroxyl groups excluding tert-OH is 1. The smallest absolute Gasteiger partial charge is 0.303 e. The van der Waals surface area contributed by atoms with Gasteiger partial charge in [-0.05, 0) is 72.2 Å². The van der Waals surface area contributed by atoms with Crippen molar-refractivity contribution in [1.29, 1.82) is 0 Å². The minimum absolute atomic E-state index is 0.0498. The van der Waals surface area contributed by atoms with E-state index in [1.54, 1.807) is 0 Å². The lowest BCUT2D eigenvalue weighted by molar-refractivity contribution is -0.157. The first kappa shape index (κ1) is 18.9. The van der Waals surface area contributed by atoms with E-state index in [1.165, 1.54) is 38.2 Å². The topological polar surface area (TPSA) is 46.5 Å². The molecule has 0 spiro atoms. The van der Waals surface area contributed by atoms with Gasteiger partial charge in [0.15, 0.2) is 0 Å². The van der Waals surface area contributed by atoms with E-state index in [-0.39, 0.29) is 29.5 Å². The molecule has 0 aliphatic heterocycles. The van der Waals surface area contributed by atoms with E-state index in [9.17, 15) is 9.90 Å². The van der Waals surface area contributed by atoms with Gasteiger partial charge in [-0.3, -0.25) is 4.79 Å². The fourth-order valence-corrected chi connectivity index (χ4v) is 6.38. The summed E-state index contributed by atoms with van der Waals surface area (Å²) in [4.78, 5) is 11.8. The second-order valence-corrected chi connectivity index (χ2v) is 9.76. The monoisotopic (exact) mass is 348 g/mol. The molecule has 0 amide bonds. The van der Waals surface area contributed by atoms with E-state index in [2.05, 4.69) is 33.8 Å². The molecule has 6 unspecified atom stereocenters. The Morgan fingerprint density at radius 2 is 2.04 bits per heavy atom. The van der Waals surface area contributed by atoms with Gasteiger partial charge in [0.25, 0.3) is 0 Å². The first-order valence-corrected chi connectivity index (χ1v) is 10.2. The van der Waals surface area contributed by atoms with Gasteiger partial charge in [-0.2, -0.15) is 0 Å². The number of rotatable bonds is 3. The Balaban J connectivity index is 2.02. The SMILES string of the molecule is CC(=O)OC1CC2C(C)(CO)CCCC2(C)C2CCC(C(C)C)C=C12. The van der Waals surface area contributed by atoms with E-state index < -0.39 is 0 Å². The Hall–Kier alpha value is -0.830. The van der Waals surface area contributed by atoms with Crippen LogP contribution < -0.4 is 0 Å². The maximum absolute atomic E-state index is 11.8. The van der Waals surface area contributed by atoms with Crippen LogP contribution in [0.3, 0.4) is 0 Å². The number of carbonyl (C=O) groups is 1. The fraction of sp³-hybridized carbons (Fsp3) is 0.864. The zero-order valence-electron chi connectivity index (χ0n) is 16.7. The largest absolute Gasteiger partial charge is 0.458 e. The third-order valence-corrected chi connectivity index (χ3v) is 7.84. The second-order valence-electron chi connectivity index (χ2n) is 9.76. The summed E-state index contributed by atoms with van der Waals surface area (Å²) < 4.78 is 5.83. The first-order chi connectivity index (χ1) is 11.7. The molecule has 0 bridgehead atoms. The lowest BCUT2D eigenvalue weighted by Crippen LogP contribution is -2.56. The van der Waals surface area contributed by atoms with Crippen LogP contribution in [0.15, 0.2) is 11.6 Å². The molecule has 6 atom stereocenters. The number of hydrogen-bond donors (Lipinski definition) is 1. The number of aliphatic hydroxyl groups is 1. The highest BCUT2D eigenvalue weighted by Gasteiger charge is 2.58. The minimum Gasteiger partial charge on any atom is -0.458 e. The van der Waals surface area contributed by atoms with Crippen LogP contribution in [-0.4, -0.2) is 23.8 Å². The van der Waals surface area contributed by atoms with Crippen molar-refractivity contribution in [3.05, 3.63) is 11.6 Å². The van der Waals surface area contributed by atoms with Crippen molar-refractivity contribution in [2.24, 2.45) is 34.5 Å². The Morgan fingerprint density at radius 1 is 1.32 bits per heavy atom. The van der Waals surface area contributed by atoms with Crippen LogP contribution in [0.25, 0.3) is 0 Å². The molecule has 0 radical (unpaired) electrons. The quantitative estimate of drug-likeness (QED) is 0.592.